The number of oxazole rings is 1. The number of aromatic amines is 1. The van der Waals surface area contributed by atoms with Gasteiger partial charge in [0.15, 0.2) is 11.8 Å². The highest BCUT2D eigenvalue weighted by Gasteiger charge is 2.27. The molecule has 0 aliphatic heterocycles. The molecule has 7 heteroatoms. The molecule has 3 heterocycles. The molecular weight excluding hydrogens is 376 g/mol. The van der Waals surface area contributed by atoms with Gasteiger partial charge in [-0.25, -0.2) is 9.78 Å². The summed E-state index contributed by atoms with van der Waals surface area (Å²) in [6, 6.07) is 11.3. The van der Waals surface area contributed by atoms with Gasteiger partial charge in [-0.05, 0) is 38.3 Å². The van der Waals surface area contributed by atoms with Gasteiger partial charge in [0, 0.05) is 22.2 Å². The molecule has 4 aromatic rings. The number of nitrogens with one attached hydrogen (secondary N) is 1. The molecule has 0 aliphatic carbocycles. The number of hydrogen-bond donors (Lipinski definition) is 1. The lowest BCUT2D eigenvalue weighted by molar-refractivity contribution is 0.0312. The highest BCUT2D eigenvalue weighted by Crippen LogP contribution is 2.27. The molecule has 1 atom stereocenters. The van der Waals surface area contributed by atoms with E-state index in [2.05, 4.69) is 9.97 Å². The molecular formula is C21H18N2O4S. The van der Waals surface area contributed by atoms with Crippen molar-refractivity contribution in [2.45, 2.75) is 26.9 Å². The first-order valence-corrected chi connectivity index (χ1v) is 9.67. The predicted molar refractivity (Wildman–Crippen MR) is 107 cm³/mol. The lowest BCUT2D eigenvalue weighted by Gasteiger charge is -2.11. The third kappa shape index (κ3) is 3.14. The fraction of sp³-hybridized carbons (Fsp3) is 0.190. The van der Waals surface area contributed by atoms with Crippen LogP contribution in [0.3, 0.4) is 0 Å². The topological polar surface area (TPSA) is 85.2 Å². The van der Waals surface area contributed by atoms with Crippen LogP contribution in [0.2, 0.25) is 0 Å². The van der Waals surface area contributed by atoms with Crippen LogP contribution in [0.25, 0.3) is 21.7 Å². The molecule has 0 fully saturated rings. The number of carbonyl (C=O) groups excluding carboxylic acids is 2. The molecule has 4 rings (SSSR count). The number of fused-ring (bicyclic) bond motifs is 1. The van der Waals surface area contributed by atoms with Crippen LogP contribution in [0, 0.1) is 13.8 Å². The fourth-order valence-corrected chi connectivity index (χ4v) is 3.81. The third-order valence-electron chi connectivity index (χ3n) is 4.51. The van der Waals surface area contributed by atoms with E-state index in [1.54, 1.807) is 13.8 Å². The summed E-state index contributed by atoms with van der Waals surface area (Å²) in [6.45, 7) is 5.05. The van der Waals surface area contributed by atoms with E-state index in [1.165, 1.54) is 11.3 Å². The Balaban J connectivity index is 1.56. The predicted octanol–water partition coefficient (Wildman–Crippen LogP) is 4.93. The van der Waals surface area contributed by atoms with Gasteiger partial charge in [0.25, 0.3) is 0 Å². The zero-order chi connectivity index (χ0) is 19.8. The van der Waals surface area contributed by atoms with E-state index in [0.29, 0.717) is 17.2 Å². The largest absolute Gasteiger partial charge is 0.449 e. The molecule has 0 saturated heterocycles. The third-order valence-corrected chi connectivity index (χ3v) is 5.37. The Morgan fingerprint density at radius 2 is 1.96 bits per heavy atom. The van der Waals surface area contributed by atoms with Gasteiger partial charge in [-0.1, -0.05) is 24.3 Å². The number of para-hydroxylation sites is 1. The van der Waals surface area contributed by atoms with E-state index in [-0.39, 0.29) is 11.5 Å². The van der Waals surface area contributed by atoms with Crippen molar-refractivity contribution in [3.63, 3.8) is 0 Å². The Bertz CT molecular complexity index is 1170. The van der Waals surface area contributed by atoms with Crippen LogP contribution in [-0.2, 0) is 4.74 Å². The minimum absolute atomic E-state index is 0.0821. The second-order valence-corrected chi connectivity index (χ2v) is 7.43. The zero-order valence-corrected chi connectivity index (χ0v) is 16.4. The molecule has 3 aromatic heterocycles. The average molecular weight is 394 g/mol. The van der Waals surface area contributed by atoms with E-state index in [0.717, 1.165) is 21.5 Å². The molecule has 0 radical (unpaired) electrons. The molecule has 6 nitrogen and oxygen atoms in total. The first-order valence-electron chi connectivity index (χ1n) is 8.79. The second kappa shape index (κ2) is 7.09. The van der Waals surface area contributed by atoms with Crippen LogP contribution in [-0.4, -0.2) is 27.8 Å². The number of thiophene rings is 1. The van der Waals surface area contributed by atoms with Gasteiger partial charge < -0.3 is 14.1 Å². The van der Waals surface area contributed by atoms with Gasteiger partial charge in [0.2, 0.25) is 11.7 Å². The highest BCUT2D eigenvalue weighted by atomic mass is 32.1. The molecule has 0 bridgehead atoms. The molecule has 28 heavy (non-hydrogen) atoms. The van der Waals surface area contributed by atoms with E-state index in [1.807, 2.05) is 48.7 Å². The summed E-state index contributed by atoms with van der Waals surface area (Å²) >= 11 is 1.46. The lowest BCUT2D eigenvalue weighted by atomic mass is 10.0. The Morgan fingerprint density at radius 1 is 1.18 bits per heavy atom. The first-order chi connectivity index (χ1) is 13.5. The molecule has 0 saturated carbocycles. The van der Waals surface area contributed by atoms with Crippen LogP contribution in [0.5, 0.6) is 0 Å². The van der Waals surface area contributed by atoms with Gasteiger partial charge in [0.1, 0.15) is 5.76 Å². The Hall–Kier alpha value is -3.19. The number of ether oxygens (including phenoxy) is 1. The SMILES string of the molecule is Cc1[nH]c2ccccc2c1C(=O)[C@@H](C)OC(=O)c1nc(-c2cccs2)oc1C. The number of nitrogens with zero attached hydrogens (tertiary/aromatic N) is 1. The number of carbonyl (C=O) groups is 2. The van der Waals surface area contributed by atoms with E-state index < -0.39 is 12.1 Å². The van der Waals surface area contributed by atoms with E-state index >= 15 is 0 Å². The van der Waals surface area contributed by atoms with Crippen molar-refractivity contribution in [2.75, 3.05) is 0 Å². The summed E-state index contributed by atoms with van der Waals surface area (Å²) in [5, 5.41) is 2.71. The summed E-state index contributed by atoms with van der Waals surface area (Å²) in [4.78, 5) is 33.8. The van der Waals surface area contributed by atoms with Crippen LogP contribution < -0.4 is 0 Å². The first kappa shape index (κ1) is 18.2. The normalized spacial score (nSPS) is 12.2. The number of rotatable bonds is 5. The van der Waals surface area contributed by atoms with Crippen LogP contribution in [0.1, 0.15) is 39.2 Å². The van der Waals surface area contributed by atoms with Crippen molar-refractivity contribution >= 4 is 34.0 Å². The monoisotopic (exact) mass is 394 g/mol. The number of H-pyrrole nitrogens is 1. The van der Waals surface area contributed by atoms with Crippen molar-refractivity contribution in [1.29, 1.82) is 0 Å². The van der Waals surface area contributed by atoms with E-state index in [4.69, 9.17) is 9.15 Å². The molecule has 0 unspecified atom stereocenters. The maximum Gasteiger partial charge on any atom is 0.361 e. The second-order valence-electron chi connectivity index (χ2n) is 6.48. The number of benzene rings is 1. The van der Waals surface area contributed by atoms with Crippen molar-refractivity contribution in [1.82, 2.24) is 9.97 Å². The quantitative estimate of drug-likeness (QED) is 0.383. The molecule has 0 aliphatic rings. The average Bonchev–Trinajstić information content (AvgIpc) is 3.38. The Kier molecular flexibility index (Phi) is 4.60. The van der Waals surface area contributed by atoms with Crippen molar-refractivity contribution in [3.05, 3.63) is 64.5 Å². The van der Waals surface area contributed by atoms with Crippen molar-refractivity contribution in [2.24, 2.45) is 0 Å². The molecule has 0 amide bonds. The van der Waals surface area contributed by atoms with Gasteiger partial charge in [-0.3, -0.25) is 4.79 Å². The summed E-state index contributed by atoms with van der Waals surface area (Å²) in [6.07, 6.45) is -0.952. The standard InChI is InChI=1S/C21H18N2O4S/c1-11-17(14-7-4-5-8-15(14)22-11)19(24)13(3)27-21(25)18-12(2)26-20(23-18)16-9-6-10-28-16/h4-10,13,22H,1-3H3/t13-/m1/s1. The maximum absolute atomic E-state index is 12.9. The Morgan fingerprint density at radius 3 is 2.71 bits per heavy atom. The number of ketones is 1. The van der Waals surface area contributed by atoms with Crippen molar-refractivity contribution < 1.29 is 18.7 Å². The number of Topliss-reactive ketones (excluding diaryl/α,β-unsaturated/α-hetero) is 1. The van der Waals surface area contributed by atoms with E-state index in [9.17, 15) is 9.59 Å². The number of hydrogen-bond acceptors (Lipinski definition) is 6. The summed E-state index contributed by atoms with van der Waals surface area (Å²) in [5.41, 5.74) is 2.23. The smallest absolute Gasteiger partial charge is 0.361 e. The molecule has 1 aromatic carbocycles. The number of esters is 1. The summed E-state index contributed by atoms with van der Waals surface area (Å²) in [5.74, 6) is -0.215. The van der Waals surface area contributed by atoms with Gasteiger partial charge in [-0.15, -0.1) is 11.3 Å². The van der Waals surface area contributed by atoms with Crippen LogP contribution >= 0.6 is 11.3 Å². The Labute approximate surface area is 165 Å². The minimum Gasteiger partial charge on any atom is -0.449 e. The van der Waals surface area contributed by atoms with Gasteiger partial charge in [0.05, 0.1) is 4.88 Å². The zero-order valence-electron chi connectivity index (χ0n) is 15.6. The number of aromatic nitrogens is 2. The number of aryl methyl sites for hydroxylation is 2. The van der Waals surface area contributed by atoms with Gasteiger partial charge in [-0.2, -0.15) is 0 Å². The van der Waals surface area contributed by atoms with Crippen LogP contribution in [0.4, 0.5) is 0 Å². The van der Waals surface area contributed by atoms with Crippen LogP contribution in [0.15, 0.2) is 46.2 Å². The fourth-order valence-electron chi connectivity index (χ4n) is 3.16. The molecule has 0 spiro atoms. The highest BCUT2D eigenvalue weighted by molar-refractivity contribution is 7.13. The summed E-state index contributed by atoms with van der Waals surface area (Å²) < 4.78 is 11.0. The minimum atomic E-state index is -0.952. The lowest BCUT2D eigenvalue weighted by Crippen LogP contribution is -2.25. The molecule has 142 valence electrons. The van der Waals surface area contributed by atoms with Crippen molar-refractivity contribution in [3.8, 4) is 10.8 Å². The molecule has 1 N–H and O–H groups in total. The maximum atomic E-state index is 12.9. The van der Waals surface area contributed by atoms with Gasteiger partial charge >= 0.3 is 5.97 Å². The summed E-state index contributed by atoms with van der Waals surface area (Å²) in [7, 11) is 0.